The molecule has 0 bridgehead atoms. The highest BCUT2D eigenvalue weighted by molar-refractivity contribution is 8.00. The van der Waals surface area contributed by atoms with Crippen molar-refractivity contribution in [2.75, 3.05) is 12.4 Å². The average molecular weight is 200 g/mol. The predicted molar refractivity (Wildman–Crippen MR) is 49.5 cm³/mol. The van der Waals surface area contributed by atoms with Gasteiger partial charge in [0.05, 0.1) is 12.5 Å². The molecule has 0 N–H and O–H groups in total. The fourth-order valence-electron chi connectivity index (χ4n) is 1.95. The highest BCUT2D eigenvalue weighted by Crippen LogP contribution is 2.47. The van der Waals surface area contributed by atoms with E-state index in [0.717, 1.165) is 5.75 Å². The molecule has 0 aromatic rings. The number of carbonyl (C=O) groups excluding carboxylic acids is 2. The quantitative estimate of drug-likeness (QED) is 0.620. The summed E-state index contributed by atoms with van der Waals surface area (Å²) in [5, 5.41) is 0.405. The average Bonchev–Trinajstić information content (AvgIpc) is 2.42. The zero-order chi connectivity index (χ0) is 9.42. The van der Waals surface area contributed by atoms with Crippen molar-refractivity contribution in [3.63, 3.8) is 0 Å². The second-order valence-electron chi connectivity index (χ2n) is 3.43. The third-order valence-electron chi connectivity index (χ3n) is 2.69. The highest BCUT2D eigenvalue weighted by Gasteiger charge is 2.52. The van der Waals surface area contributed by atoms with Crippen LogP contribution in [0.25, 0.3) is 0 Å². The van der Waals surface area contributed by atoms with Crippen LogP contribution in [-0.2, 0) is 14.3 Å². The van der Waals surface area contributed by atoms with Crippen LogP contribution in [0.3, 0.4) is 0 Å². The monoisotopic (exact) mass is 200 g/mol. The van der Waals surface area contributed by atoms with Crippen LogP contribution in [0, 0.1) is 11.8 Å². The fourth-order valence-corrected chi connectivity index (χ4v) is 3.58. The third-order valence-corrected chi connectivity index (χ3v) is 4.13. The van der Waals surface area contributed by atoms with Crippen LogP contribution in [0.2, 0.25) is 0 Å². The summed E-state index contributed by atoms with van der Waals surface area (Å²) in [6.45, 7) is 2.20. The van der Waals surface area contributed by atoms with Crippen LogP contribution >= 0.6 is 11.8 Å². The largest absolute Gasteiger partial charge is 0.466 e. The number of ether oxygens (including phenoxy) is 1. The molecule has 4 heteroatoms. The summed E-state index contributed by atoms with van der Waals surface area (Å²) in [4.78, 5) is 22.6. The molecule has 3 nitrogen and oxygen atoms in total. The molecule has 0 radical (unpaired) electrons. The molecular formula is C9H12O3S. The summed E-state index contributed by atoms with van der Waals surface area (Å²) >= 11 is 1.74. The Bertz CT molecular complexity index is 251. The van der Waals surface area contributed by atoms with Gasteiger partial charge in [0.15, 0.2) is 0 Å². The Morgan fingerprint density at radius 2 is 2.46 bits per heavy atom. The van der Waals surface area contributed by atoms with E-state index >= 15 is 0 Å². The zero-order valence-corrected chi connectivity index (χ0v) is 8.30. The Hall–Kier alpha value is -0.510. The SMILES string of the molecule is CCOC(=O)[C@H]1CS[C@@H]2CC(=O)[C@H]12. The molecule has 0 amide bonds. The summed E-state index contributed by atoms with van der Waals surface area (Å²) in [6.07, 6.45) is 0.658. The first-order chi connectivity index (χ1) is 6.24. The Morgan fingerprint density at radius 3 is 3.08 bits per heavy atom. The summed E-state index contributed by atoms with van der Waals surface area (Å²) in [5.41, 5.74) is 0. The predicted octanol–water partition coefficient (Wildman–Crippen LogP) is 0.870. The van der Waals surface area contributed by atoms with E-state index in [1.54, 1.807) is 18.7 Å². The van der Waals surface area contributed by atoms with E-state index in [-0.39, 0.29) is 23.6 Å². The van der Waals surface area contributed by atoms with E-state index in [9.17, 15) is 9.59 Å². The van der Waals surface area contributed by atoms with Crippen molar-refractivity contribution in [1.82, 2.24) is 0 Å². The van der Waals surface area contributed by atoms with E-state index in [1.807, 2.05) is 0 Å². The lowest BCUT2D eigenvalue weighted by Crippen LogP contribution is -2.42. The maximum Gasteiger partial charge on any atom is 0.310 e. The summed E-state index contributed by atoms with van der Waals surface area (Å²) < 4.78 is 4.92. The molecule has 1 aliphatic heterocycles. The van der Waals surface area contributed by atoms with Gasteiger partial charge in [-0.15, -0.1) is 0 Å². The zero-order valence-electron chi connectivity index (χ0n) is 7.49. The minimum atomic E-state index is -0.185. The Balaban J connectivity index is 2.00. The second kappa shape index (κ2) is 3.33. The van der Waals surface area contributed by atoms with Crippen molar-refractivity contribution >= 4 is 23.5 Å². The van der Waals surface area contributed by atoms with Crippen molar-refractivity contribution in [2.24, 2.45) is 11.8 Å². The van der Waals surface area contributed by atoms with Crippen molar-refractivity contribution in [3.8, 4) is 0 Å². The van der Waals surface area contributed by atoms with Crippen molar-refractivity contribution in [1.29, 1.82) is 0 Å². The highest BCUT2D eigenvalue weighted by atomic mass is 32.2. The van der Waals surface area contributed by atoms with Crippen LogP contribution < -0.4 is 0 Å². The van der Waals surface area contributed by atoms with Gasteiger partial charge in [0.2, 0.25) is 0 Å². The molecular weight excluding hydrogens is 188 g/mol. The van der Waals surface area contributed by atoms with Crippen LogP contribution in [0.4, 0.5) is 0 Å². The van der Waals surface area contributed by atoms with Gasteiger partial charge in [-0.2, -0.15) is 11.8 Å². The molecule has 2 fully saturated rings. The van der Waals surface area contributed by atoms with E-state index in [4.69, 9.17) is 4.74 Å². The van der Waals surface area contributed by atoms with Gasteiger partial charge < -0.3 is 4.74 Å². The number of hydrogen-bond acceptors (Lipinski definition) is 4. The van der Waals surface area contributed by atoms with Gasteiger partial charge in [0, 0.05) is 23.3 Å². The Labute approximate surface area is 81.2 Å². The number of Topliss-reactive ketones (excluding diaryl/α,β-unsaturated/α-hetero) is 1. The Morgan fingerprint density at radius 1 is 1.69 bits per heavy atom. The lowest BCUT2D eigenvalue weighted by Gasteiger charge is -2.29. The minimum absolute atomic E-state index is 0.0240. The van der Waals surface area contributed by atoms with Gasteiger partial charge in [0.25, 0.3) is 0 Å². The van der Waals surface area contributed by atoms with Crippen molar-refractivity contribution < 1.29 is 14.3 Å². The summed E-state index contributed by atoms with van der Waals surface area (Å²) in [5.74, 6) is 0.642. The standard InChI is InChI=1S/C9H12O3S/c1-2-12-9(11)5-4-13-7-3-6(10)8(5)7/h5,7-8H,2-4H2,1H3/t5-,7+,8-/m0/s1. The number of esters is 1. The molecule has 1 saturated carbocycles. The molecule has 13 heavy (non-hydrogen) atoms. The first kappa shape index (κ1) is 9.06. The lowest BCUT2D eigenvalue weighted by molar-refractivity contribution is -0.152. The lowest BCUT2D eigenvalue weighted by atomic mass is 9.75. The molecule has 3 atom stereocenters. The van der Waals surface area contributed by atoms with Gasteiger partial charge in [-0.25, -0.2) is 0 Å². The fraction of sp³-hybridized carbons (Fsp3) is 0.778. The second-order valence-corrected chi connectivity index (χ2v) is 4.70. The van der Waals surface area contributed by atoms with E-state index in [0.29, 0.717) is 18.3 Å². The first-order valence-corrected chi connectivity index (χ1v) is 5.60. The number of ketones is 1. The van der Waals surface area contributed by atoms with Crippen LogP contribution in [0.5, 0.6) is 0 Å². The van der Waals surface area contributed by atoms with Gasteiger partial charge in [0.1, 0.15) is 5.78 Å². The van der Waals surface area contributed by atoms with Crippen LogP contribution in [-0.4, -0.2) is 29.4 Å². The minimum Gasteiger partial charge on any atom is -0.466 e. The van der Waals surface area contributed by atoms with E-state index < -0.39 is 0 Å². The number of hydrogen-bond donors (Lipinski definition) is 0. The van der Waals surface area contributed by atoms with Crippen LogP contribution in [0.1, 0.15) is 13.3 Å². The number of rotatable bonds is 2. The summed E-state index contributed by atoms with van der Waals surface area (Å²) in [6, 6.07) is 0. The summed E-state index contributed by atoms with van der Waals surface area (Å²) in [7, 11) is 0. The smallest absolute Gasteiger partial charge is 0.310 e. The Kier molecular flexibility index (Phi) is 2.32. The number of fused-ring (bicyclic) bond motifs is 1. The van der Waals surface area contributed by atoms with E-state index in [1.165, 1.54) is 0 Å². The number of thioether (sulfide) groups is 1. The molecule has 1 heterocycles. The first-order valence-electron chi connectivity index (χ1n) is 4.55. The van der Waals surface area contributed by atoms with E-state index in [2.05, 4.69) is 0 Å². The van der Waals surface area contributed by atoms with Gasteiger partial charge in [-0.05, 0) is 6.92 Å². The molecule has 2 aliphatic rings. The van der Waals surface area contributed by atoms with Crippen LogP contribution in [0.15, 0.2) is 0 Å². The van der Waals surface area contributed by atoms with Gasteiger partial charge in [-0.3, -0.25) is 9.59 Å². The molecule has 0 spiro atoms. The molecule has 0 aromatic heterocycles. The molecule has 0 unspecified atom stereocenters. The molecule has 2 rings (SSSR count). The van der Waals surface area contributed by atoms with Crippen molar-refractivity contribution in [3.05, 3.63) is 0 Å². The topological polar surface area (TPSA) is 43.4 Å². The molecule has 0 aromatic carbocycles. The maximum absolute atomic E-state index is 11.4. The normalized spacial score (nSPS) is 36.7. The molecule has 1 saturated heterocycles. The van der Waals surface area contributed by atoms with Crippen molar-refractivity contribution in [2.45, 2.75) is 18.6 Å². The van der Waals surface area contributed by atoms with Gasteiger partial charge in [-0.1, -0.05) is 0 Å². The number of carbonyl (C=O) groups is 2. The third kappa shape index (κ3) is 1.37. The maximum atomic E-state index is 11.4. The van der Waals surface area contributed by atoms with Gasteiger partial charge >= 0.3 is 5.97 Å². The molecule has 72 valence electrons. The molecule has 1 aliphatic carbocycles.